The minimum absolute atomic E-state index is 0.0367. The molecule has 0 atom stereocenters. The minimum atomic E-state index is 0.0367. The van der Waals surface area contributed by atoms with Gasteiger partial charge in [0.2, 0.25) is 0 Å². The van der Waals surface area contributed by atoms with Crippen molar-refractivity contribution in [1.82, 2.24) is 4.90 Å². The Kier molecular flexibility index (Phi) is 5.24. The molecule has 0 saturated carbocycles. The molecule has 2 N–H and O–H groups in total. The Morgan fingerprint density at radius 1 is 1.25 bits per heavy atom. The highest BCUT2D eigenvalue weighted by Gasteiger charge is 2.17. The minimum Gasteiger partial charge on any atom is -0.493 e. The summed E-state index contributed by atoms with van der Waals surface area (Å²) >= 11 is 0. The summed E-state index contributed by atoms with van der Waals surface area (Å²) in [6, 6.07) is 5.51. The maximum Gasteiger partial charge on any atom is 0.260 e. The van der Waals surface area contributed by atoms with Crippen LogP contribution in [0.2, 0.25) is 0 Å². The molecule has 1 aromatic rings. The zero-order valence-electron chi connectivity index (χ0n) is 11.9. The summed E-state index contributed by atoms with van der Waals surface area (Å²) in [4.78, 5) is 13.9. The van der Waals surface area contributed by atoms with Crippen molar-refractivity contribution >= 4 is 5.91 Å². The van der Waals surface area contributed by atoms with Crippen LogP contribution < -0.4 is 15.2 Å². The highest BCUT2D eigenvalue weighted by Crippen LogP contribution is 2.28. The van der Waals surface area contributed by atoms with Gasteiger partial charge in [-0.2, -0.15) is 0 Å². The van der Waals surface area contributed by atoms with Crippen molar-refractivity contribution in [3.8, 4) is 11.5 Å². The molecule has 110 valence electrons. The van der Waals surface area contributed by atoms with Crippen LogP contribution in [-0.4, -0.2) is 37.6 Å². The van der Waals surface area contributed by atoms with Gasteiger partial charge in [-0.25, -0.2) is 0 Å². The molecule has 0 aliphatic carbocycles. The Morgan fingerprint density at radius 3 is 2.65 bits per heavy atom. The van der Waals surface area contributed by atoms with Crippen molar-refractivity contribution in [3.05, 3.63) is 23.8 Å². The van der Waals surface area contributed by atoms with E-state index in [1.807, 2.05) is 17.0 Å². The van der Waals surface area contributed by atoms with E-state index in [9.17, 15) is 4.79 Å². The van der Waals surface area contributed by atoms with Crippen LogP contribution in [0.4, 0.5) is 0 Å². The number of carbonyl (C=O) groups is 1. The van der Waals surface area contributed by atoms with Crippen molar-refractivity contribution in [3.63, 3.8) is 0 Å². The van der Waals surface area contributed by atoms with Gasteiger partial charge in [0.25, 0.3) is 5.91 Å². The van der Waals surface area contributed by atoms with Gasteiger partial charge in [0.15, 0.2) is 18.1 Å². The summed E-state index contributed by atoms with van der Waals surface area (Å²) in [6.45, 7) is 2.18. The van der Waals surface area contributed by atoms with Crippen molar-refractivity contribution in [2.45, 2.75) is 25.8 Å². The van der Waals surface area contributed by atoms with Gasteiger partial charge < -0.3 is 20.1 Å². The molecule has 1 aromatic carbocycles. The monoisotopic (exact) mass is 278 g/mol. The van der Waals surface area contributed by atoms with Gasteiger partial charge in [0.1, 0.15) is 0 Å². The third kappa shape index (κ3) is 3.63. The molecule has 0 aromatic heterocycles. The number of hydrogen-bond donors (Lipinski definition) is 1. The number of likely N-dealkylation sites (tertiary alicyclic amines) is 1. The molecule has 0 bridgehead atoms. The standard InChI is InChI=1S/C15H22N2O3/c1-19-14-9-12(10-16)5-6-13(14)20-11-15(18)17-7-3-2-4-8-17/h5-6,9H,2-4,7-8,10-11,16H2,1H3. The first-order chi connectivity index (χ1) is 9.74. The van der Waals surface area contributed by atoms with Gasteiger partial charge in [0.05, 0.1) is 7.11 Å². The second kappa shape index (κ2) is 7.14. The van der Waals surface area contributed by atoms with E-state index in [1.165, 1.54) is 6.42 Å². The van der Waals surface area contributed by atoms with Crippen molar-refractivity contribution in [2.24, 2.45) is 5.73 Å². The first-order valence-corrected chi connectivity index (χ1v) is 7.02. The van der Waals surface area contributed by atoms with Crippen molar-refractivity contribution in [1.29, 1.82) is 0 Å². The number of nitrogens with zero attached hydrogens (tertiary/aromatic N) is 1. The molecule has 0 spiro atoms. The van der Waals surface area contributed by atoms with E-state index >= 15 is 0 Å². The number of methoxy groups -OCH3 is 1. The number of hydrogen-bond acceptors (Lipinski definition) is 4. The van der Waals surface area contributed by atoms with E-state index in [1.54, 1.807) is 13.2 Å². The van der Waals surface area contributed by atoms with Crippen LogP contribution in [0, 0.1) is 0 Å². The second-order valence-electron chi connectivity index (χ2n) is 4.92. The average molecular weight is 278 g/mol. The normalized spacial score (nSPS) is 15.0. The molecule has 1 amide bonds. The smallest absolute Gasteiger partial charge is 0.260 e. The zero-order chi connectivity index (χ0) is 14.4. The molecule has 0 radical (unpaired) electrons. The molecule has 0 unspecified atom stereocenters. The Balaban J connectivity index is 1.94. The third-order valence-corrected chi connectivity index (χ3v) is 3.52. The first kappa shape index (κ1) is 14.7. The van der Waals surface area contributed by atoms with E-state index in [-0.39, 0.29) is 12.5 Å². The van der Waals surface area contributed by atoms with Crippen LogP contribution in [0.15, 0.2) is 18.2 Å². The fraction of sp³-hybridized carbons (Fsp3) is 0.533. The summed E-state index contributed by atoms with van der Waals surface area (Å²) < 4.78 is 10.8. The zero-order valence-corrected chi connectivity index (χ0v) is 11.9. The number of piperidine rings is 1. The van der Waals surface area contributed by atoms with Crippen molar-refractivity contribution < 1.29 is 14.3 Å². The predicted octanol–water partition coefficient (Wildman–Crippen LogP) is 1.55. The van der Waals surface area contributed by atoms with Gasteiger partial charge in [0, 0.05) is 19.6 Å². The summed E-state index contributed by atoms with van der Waals surface area (Å²) in [5.74, 6) is 1.23. The summed E-state index contributed by atoms with van der Waals surface area (Å²) in [6.07, 6.45) is 3.37. The van der Waals surface area contributed by atoms with E-state index in [0.717, 1.165) is 31.5 Å². The number of amides is 1. The molecule has 1 fully saturated rings. The molecule has 1 saturated heterocycles. The average Bonchev–Trinajstić information content (AvgIpc) is 2.53. The molecular formula is C15H22N2O3. The van der Waals surface area contributed by atoms with Gasteiger partial charge in [-0.1, -0.05) is 6.07 Å². The molecule has 1 aliphatic rings. The first-order valence-electron chi connectivity index (χ1n) is 7.02. The lowest BCUT2D eigenvalue weighted by atomic mass is 10.1. The predicted molar refractivity (Wildman–Crippen MR) is 76.8 cm³/mol. The summed E-state index contributed by atoms with van der Waals surface area (Å²) in [5, 5.41) is 0. The summed E-state index contributed by atoms with van der Waals surface area (Å²) in [7, 11) is 1.58. The molecule has 20 heavy (non-hydrogen) atoms. The van der Waals surface area contributed by atoms with E-state index in [2.05, 4.69) is 0 Å². The van der Waals surface area contributed by atoms with Crippen molar-refractivity contribution in [2.75, 3.05) is 26.8 Å². The van der Waals surface area contributed by atoms with Crippen LogP contribution in [0.3, 0.4) is 0 Å². The summed E-state index contributed by atoms with van der Waals surface area (Å²) in [5.41, 5.74) is 6.56. The van der Waals surface area contributed by atoms with Crippen LogP contribution in [0.5, 0.6) is 11.5 Å². The molecule has 2 rings (SSSR count). The number of rotatable bonds is 5. The maximum atomic E-state index is 12.0. The van der Waals surface area contributed by atoms with E-state index in [0.29, 0.717) is 18.0 Å². The van der Waals surface area contributed by atoms with Gasteiger partial charge in [-0.3, -0.25) is 4.79 Å². The number of carbonyl (C=O) groups excluding carboxylic acids is 1. The Bertz CT molecular complexity index is 456. The van der Waals surface area contributed by atoms with Crippen LogP contribution in [-0.2, 0) is 11.3 Å². The van der Waals surface area contributed by atoms with Gasteiger partial charge >= 0.3 is 0 Å². The molecule has 5 nitrogen and oxygen atoms in total. The lowest BCUT2D eigenvalue weighted by Crippen LogP contribution is -2.38. The fourth-order valence-corrected chi connectivity index (χ4v) is 2.33. The lowest BCUT2D eigenvalue weighted by molar-refractivity contribution is -0.134. The number of benzene rings is 1. The van der Waals surface area contributed by atoms with E-state index in [4.69, 9.17) is 15.2 Å². The van der Waals surface area contributed by atoms with Crippen LogP contribution >= 0.6 is 0 Å². The molecule has 5 heteroatoms. The Morgan fingerprint density at radius 2 is 2.00 bits per heavy atom. The molecular weight excluding hydrogens is 256 g/mol. The second-order valence-corrected chi connectivity index (χ2v) is 4.92. The lowest BCUT2D eigenvalue weighted by Gasteiger charge is -2.26. The quantitative estimate of drug-likeness (QED) is 0.887. The fourth-order valence-electron chi connectivity index (χ4n) is 2.33. The van der Waals surface area contributed by atoms with Gasteiger partial charge in [-0.05, 0) is 37.0 Å². The van der Waals surface area contributed by atoms with E-state index < -0.39 is 0 Å². The number of nitrogens with two attached hydrogens (primary N) is 1. The van der Waals surface area contributed by atoms with Crippen LogP contribution in [0.25, 0.3) is 0 Å². The number of ether oxygens (including phenoxy) is 2. The third-order valence-electron chi connectivity index (χ3n) is 3.52. The Labute approximate surface area is 119 Å². The molecule has 1 heterocycles. The highest BCUT2D eigenvalue weighted by atomic mass is 16.5. The SMILES string of the molecule is COc1cc(CN)ccc1OCC(=O)N1CCCCC1. The Hall–Kier alpha value is -1.75. The maximum absolute atomic E-state index is 12.0. The largest absolute Gasteiger partial charge is 0.493 e. The molecule has 1 aliphatic heterocycles. The topological polar surface area (TPSA) is 64.8 Å². The highest BCUT2D eigenvalue weighted by molar-refractivity contribution is 5.78. The van der Waals surface area contributed by atoms with Gasteiger partial charge in [-0.15, -0.1) is 0 Å². The van der Waals surface area contributed by atoms with Crippen LogP contribution in [0.1, 0.15) is 24.8 Å².